The Hall–Kier alpha value is -1.40. The number of carbonyl (C=O) groups excluding carboxylic acids is 1. The predicted octanol–water partition coefficient (Wildman–Crippen LogP) is 3.00. The highest BCUT2D eigenvalue weighted by Gasteiger charge is 2.08. The molecule has 0 radical (unpaired) electrons. The summed E-state index contributed by atoms with van der Waals surface area (Å²) in [6, 6.07) is 15.0. The molecule has 1 amide bonds. The largest absolute Gasteiger partial charge is 0.326 e. The van der Waals surface area contributed by atoms with Crippen LogP contribution < -0.4 is 11.1 Å². The minimum atomic E-state index is -0.0968. The van der Waals surface area contributed by atoms with E-state index in [1.807, 2.05) is 48.5 Å². The second kappa shape index (κ2) is 5.97. The summed E-state index contributed by atoms with van der Waals surface area (Å²) in [5.41, 5.74) is 8.02. The Kier molecular flexibility index (Phi) is 4.33. The van der Waals surface area contributed by atoms with Crippen molar-refractivity contribution in [3.63, 3.8) is 0 Å². The molecule has 0 heterocycles. The second-order valence-corrected chi connectivity index (χ2v) is 5.00. The van der Waals surface area contributed by atoms with E-state index in [0.717, 1.165) is 14.8 Å². The van der Waals surface area contributed by atoms with Crippen molar-refractivity contribution in [1.82, 2.24) is 0 Å². The summed E-state index contributed by atoms with van der Waals surface area (Å²) in [6.07, 6.45) is 0. The fraction of sp³-hybridized carbons (Fsp3) is 0.0714. The summed E-state index contributed by atoms with van der Waals surface area (Å²) in [5, 5.41) is 2.87. The molecule has 0 spiro atoms. The number of carbonyl (C=O) groups is 1. The number of nitrogens with one attached hydrogen (secondary N) is 1. The lowest BCUT2D eigenvalue weighted by atomic mass is 10.2. The average Bonchev–Trinajstić information content (AvgIpc) is 2.40. The lowest BCUT2D eigenvalue weighted by molar-refractivity contribution is 0.102. The molecule has 2 rings (SSSR count). The van der Waals surface area contributed by atoms with E-state index in [1.54, 1.807) is 0 Å². The van der Waals surface area contributed by atoms with Crippen LogP contribution in [0.3, 0.4) is 0 Å². The summed E-state index contributed by atoms with van der Waals surface area (Å²) >= 11 is 2.15. The van der Waals surface area contributed by atoms with Crippen molar-refractivity contribution in [3.05, 3.63) is 63.2 Å². The van der Waals surface area contributed by atoms with Crippen LogP contribution in [0.2, 0.25) is 0 Å². The Bertz CT molecular complexity index is 552. The van der Waals surface area contributed by atoms with Crippen LogP contribution in [-0.2, 0) is 6.54 Å². The summed E-state index contributed by atoms with van der Waals surface area (Å²) in [6.45, 7) is 0.505. The minimum absolute atomic E-state index is 0.0968. The standard InChI is InChI=1S/C14H13IN2O/c15-13-4-2-1-3-12(13)14(18)17-11-7-5-10(9-16)6-8-11/h1-8H,9,16H2,(H,17,18). The SMILES string of the molecule is NCc1ccc(NC(=O)c2ccccc2I)cc1. The molecule has 2 aromatic carbocycles. The van der Waals surface area contributed by atoms with Crippen LogP contribution in [0.15, 0.2) is 48.5 Å². The molecule has 3 N–H and O–H groups in total. The molecule has 0 unspecified atom stereocenters. The maximum Gasteiger partial charge on any atom is 0.256 e. The molecule has 0 aliphatic heterocycles. The van der Waals surface area contributed by atoms with E-state index in [-0.39, 0.29) is 5.91 Å². The third-order valence-corrected chi connectivity index (χ3v) is 3.51. The molecule has 0 bridgehead atoms. The van der Waals surface area contributed by atoms with Crippen LogP contribution in [-0.4, -0.2) is 5.91 Å². The molecule has 0 aromatic heterocycles. The zero-order chi connectivity index (χ0) is 13.0. The number of nitrogens with two attached hydrogens (primary N) is 1. The molecule has 0 atom stereocenters. The van der Waals surface area contributed by atoms with Gasteiger partial charge < -0.3 is 11.1 Å². The quantitative estimate of drug-likeness (QED) is 0.835. The Morgan fingerprint density at radius 3 is 2.39 bits per heavy atom. The Morgan fingerprint density at radius 2 is 1.78 bits per heavy atom. The molecular formula is C14H13IN2O. The van der Waals surface area contributed by atoms with Gasteiger partial charge in [-0.25, -0.2) is 0 Å². The third-order valence-electron chi connectivity index (χ3n) is 2.57. The minimum Gasteiger partial charge on any atom is -0.326 e. The summed E-state index contributed by atoms with van der Waals surface area (Å²) < 4.78 is 0.936. The van der Waals surface area contributed by atoms with Gasteiger partial charge in [0.2, 0.25) is 0 Å². The first-order valence-electron chi connectivity index (χ1n) is 5.55. The van der Waals surface area contributed by atoms with E-state index in [2.05, 4.69) is 27.9 Å². The summed E-state index contributed by atoms with van der Waals surface area (Å²) in [4.78, 5) is 12.0. The van der Waals surface area contributed by atoms with Crippen LogP contribution >= 0.6 is 22.6 Å². The zero-order valence-electron chi connectivity index (χ0n) is 9.69. The van der Waals surface area contributed by atoms with Gasteiger partial charge in [0.25, 0.3) is 5.91 Å². The molecule has 0 fully saturated rings. The van der Waals surface area contributed by atoms with Gasteiger partial charge in [0.05, 0.1) is 5.56 Å². The molecule has 0 aliphatic rings. The second-order valence-electron chi connectivity index (χ2n) is 3.84. The van der Waals surface area contributed by atoms with Gasteiger partial charge in [-0.1, -0.05) is 24.3 Å². The van der Waals surface area contributed by atoms with Gasteiger partial charge in [-0.05, 0) is 52.4 Å². The van der Waals surface area contributed by atoms with Crippen molar-refractivity contribution in [2.75, 3.05) is 5.32 Å². The van der Waals surface area contributed by atoms with E-state index in [9.17, 15) is 4.79 Å². The van der Waals surface area contributed by atoms with E-state index < -0.39 is 0 Å². The first-order valence-corrected chi connectivity index (χ1v) is 6.63. The fourth-order valence-electron chi connectivity index (χ4n) is 1.57. The molecule has 92 valence electrons. The predicted molar refractivity (Wildman–Crippen MR) is 81.4 cm³/mol. The van der Waals surface area contributed by atoms with Crippen LogP contribution in [0.5, 0.6) is 0 Å². The average molecular weight is 352 g/mol. The molecule has 0 saturated heterocycles. The molecule has 0 aliphatic carbocycles. The van der Waals surface area contributed by atoms with Crippen molar-refractivity contribution < 1.29 is 4.79 Å². The van der Waals surface area contributed by atoms with Gasteiger partial charge in [-0.2, -0.15) is 0 Å². The van der Waals surface area contributed by atoms with E-state index in [1.165, 1.54) is 0 Å². The topological polar surface area (TPSA) is 55.1 Å². The number of halogens is 1. The molecule has 18 heavy (non-hydrogen) atoms. The van der Waals surface area contributed by atoms with Crippen LogP contribution in [0.1, 0.15) is 15.9 Å². The number of anilines is 1. The molecule has 2 aromatic rings. The van der Waals surface area contributed by atoms with E-state index in [4.69, 9.17) is 5.73 Å². The van der Waals surface area contributed by atoms with Crippen molar-refractivity contribution >= 4 is 34.2 Å². The lowest BCUT2D eigenvalue weighted by Gasteiger charge is -2.07. The highest BCUT2D eigenvalue weighted by atomic mass is 127. The maximum absolute atomic E-state index is 12.0. The smallest absolute Gasteiger partial charge is 0.256 e. The highest BCUT2D eigenvalue weighted by Crippen LogP contribution is 2.15. The Morgan fingerprint density at radius 1 is 1.11 bits per heavy atom. The zero-order valence-corrected chi connectivity index (χ0v) is 11.8. The Labute approximate surface area is 120 Å². The van der Waals surface area contributed by atoms with Crippen molar-refractivity contribution in [1.29, 1.82) is 0 Å². The number of hydrogen-bond donors (Lipinski definition) is 2. The first-order chi connectivity index (χ1) is 8.70. The van der Waals surface area contributed by atoms with Gasteiger partial charge >= 0.3 is 0 Å². The van der Waals surface area contributed by atoms with Gasteiger partial charge in [-0.15, -0.1) is 0 Å². The number of benzene rings is 2. The van der Waals surface area contributed by atoms with Crippen LogP contribution in [0.4, 0.5) is 5.69 Å². The van der Waals surface area contributed by atoms with Crippen LogP contribution in [0, 0.1) is 3.57 Å². The van der Waals surface area contributed by atoms with Crippen molar-refractivity contribution in [2.24, 2.45) is 5.73 Å². The number of rotatable bonds is 3. The molecule has 0 saturated carbocycles. The van der Waals surface area contributed by atoms with E-state index in [0.29, 0.717) is 12.1 Å². The lowest BCUT2D eigenvalue weighted by Crippen LogP contribution is -2.13. The monoisotopic (exact) mass is 352 g/mol. The van der Waals surface area contributed by atoms with Crippen molar-refractivity contribution in [3.8, 4) is 0 Å². The molecule has 3 nitrogen and oxygen atoms in total. The number of hydrogen-bond acceptors (Lipinski definition) is 2. The first kappa shape index (κ1) is 13.0. The normalized spacial score (nSPS) is 10.1. The maximum atomic E-state index is 12.0. The van der Waals surface area contributed by atoms with Crippen molar-refractivity contribution in [2.45, 2.75) is 6.54 Å². The van der Waals surface area contributed by atoms with Crippen LogP contribution in [0.25, 0.3) is 0 Å². The summed E-state index contributed by atoms with van der Waals surface area (Å²) in [5.74, 6) is -0.0968. The molecular weight excluding hydrogens is 339 g/mol. The van der Waals surface area contributed by atoms with Gasteiger partial charge in [-0.3, -0.25) is 4.79 Å². The van der Waals surface area contributed by atoms with Gasteiger partial charge in [0.1, 0.15) is 0 Å². The third kappa shape index (κ3) is 3.08. The van der Waals surface area contributed by atoms with E-state index >= 15 is 0 Å². The summed E-state index contributed by atoms with van der Waals surface area (Å²) in [7, 11) is 0. The number of amides is 1. The highest BCUT2D eigenvalue weighted by molar-refractivity contribution is 14.1. The molecule has 4 heteroatoms. The van der Waals surface area contributed by atoms with Gasteiger partial charge in [0, 0.05) is 15.8 Å². The fourth-order valence-corrected chi connectivity index (χ4v) is 2.20. The Balaban J connectivity index is 2.14. The van der Waals surface area contributed by atoms with Gasteiger partial charge in [0.15, 0.2) is 0 Å².